The van der Waals surface area contributed by atoms with Crippen LogP contribution < -0.4 is 10.1 Å². The number of hydrogen-bond acceptors (Lipinski definition) is 4. The van der Waals surface area contributed by atoms with E-state index in [1.165, 1.54) is 0 Å². The maximum atomic E-state index is 12.3. The van der Waals surface area contributed by atoms with Gasteiger partial charge in [-0.15, -0.1) is 0 Å². The molecule has 0 aromatic heterocycles. The lowest BCUT2D eigenvalue weighted by Crippen LogP contribution is -2.34. The highest BCUT2D eigenvalue weighted by molar-refractivity contribution is 5.95. The van der Waals surface area contributed by atoms with Crippen molar-refractivity contribution in [2.24, 2.45) is 11.8 Å². The molecule has 22 heavy (non-hydrogen) atoms. The van der Waals surface area contributed by atoms with Crippen molar-refractivity contribution in [2.45, 2.75) is 12.8 Å². The van der Waals surface area contributed by atoms with Gasteiger partial charge in [0.15, 0.2) is 6.61 Å². The van der Waals surface area contributed by atoms with E-state index in [1.54, 1.807) is 30.3 Å². The number of anilines is 1. The Morgan fingerprint density at radius 3 is 2.45 bits per heavy atom. The summed E-state index contributed by atoms with van der Waals surface area (Å²) in [6, 6.07) is 8.45. The summed E-state index contributed by atoms with van der Waals surface area (Å²) < 4.78 is 5.12. The number of rotatable bonds is 5. The fraction of sp³-hybridized carbons (Fsp3) is 0.312. The molecular formula is C16H16N2O4. The molecule has 6 heteroatoms. The number of carboxylic acids is 1. The van der Waals surface area contributed by atoms with Crippen LogP contribution in [0.3, 0.4) is 0 Å². The standard InChI is InChI=1S/C16H16N2O4/c17-9-10-22-12-7-5-11(6-8-12)18-15(19)13-3-1-2-4-14(13)16(20)21/h1-2,5-8,13-14H,3-4,10H2,(H,18,19)(H,20,21)/t13-,14-/m1/s1. The molecule has 0 fully saturated rings. The van der Waals surface area contributed by atoms with Crippen LogP contribution in [0, 0.1) is 23.2 Å². The fourth-order valence-electron chi connectivity index (χ4n) is 2.36. The van der Waals surface area contributed by atoms with E-state index in [-0.39, 0.29) is 12.5 Å². The molecule has 0 aliphatic heterocycles. The summed E-state index contributed by atoms with van der Waals surface area (Å²) in [5.41, 5.74) is 0.563. The van der Waals surface area contributed by atoms with Crippen molar-refractivity contribution in [1.82, 2.24) is 0 Å². The van der Waals surface area contributed by atoms with Crippen molar-refractivity contribution >= 4 is 17.6 Å². The van der Waals surface area contributed by atoms with Crippen molar-refractivity contribution < 1.29 is 19.4 Å². The summed E-state index contributed by atoms with van der Waals surface area (Å²) in [4.78, 5) is 23.5. The van der Waals surface area contributed by atoms with Crippen LogP contribution in [0.5, 0.6) is 5.75 Å². The molecule has 1 aliphatic carbocycles. The minimum Gasteiger partial charge on any atom is -0.481 e. The SMILES string of the molecule is N#CCOc1ccc(NC(=O)[C@@H]2CC=CC[C@H]2C(=O)O)cc1. The number of carbonyl (C=O) groups is 2. The van der Waals surface area contributed by atoms with Gasteiger partial charge in [-0.25, -0.2) is 0 Å². The van der Waals surface area contributed by atoms with Gasteiger partial charge in [-0.3, -0.25) is 9.59 Å². The number of benzene rings is 1. The molecule has 0 spiro atoms. The molecule has 2 N–H and O–H groups in total. The van der Waals surface area contributed by atoms with Gasteiger partial charge in [0.1, 0.15) is 11.8 Å². The number of carboxylic acid groups (broad SMARTS) is 1. The monoisotopic (exact) mass is 300 g/mol. The van der Waals surface area contributed by atoms with Gasteiger partial charge in [0.25, 0.3) is 0 Å². The van der Waals surface area contributed by atoms with Crippen LogP contribution in [0.15, 0.2) is 36.4 Å². The van der Waals surface area contributed by atoms with Gasteiger partial charge in [-0.2, -0.15) is 5.26 Å². The van der Waals surface area contributed by atoms with Gasteiger partial charge in [0.05, 0.1) is 11.8 Å². The van der Waals surface area contributed by atoms with E-state index in [4.69, 9.17) is 10.00 Å². The van der Waals surface area contributed by atoms with E-state index >= 15 is 0 Å². The van der Waals surface area contributed by atoms with E-state index < -0.39 is 17.8 Å². The first-order valence-electron chi connectivity index (χ1n) is 6.90. The molecule has 114 valence electrons. The van der Waals surface area contributed by atoms with Gasteiger partial charge in [0, 0.05) is 5.69 Å². The van der Waals surface area contributed by atoms with Gasteiger partial charge >= 0.3 is 5.97 Å². The van der Waals surface area contributed by atoms with Crippen LogP contribution in [0.2, 0.25) is 0 Å². The van der Waals surface area contributed by atoms with Gasteiger partial charge < -0.3 is 15.2 Å². The lowest BCUT2D eigenvalue weighted by Gasteiger charge is -2.24. The largest absolute Gasteiger partial charge is 0.481 e. The highest BCUT2D eigenvalue weighted by atomic mass is 16.5. The molecule has 0 radical (unpaired) electrons. The molecule has 2 atom stereocenters. The Morgan fingerprint density at radius 2 is 1.86 bits per heavy atom. The number of allylic oxidation sites excluding steroid dienone is 2. The Morgan fingerprint density at radius 1 is 1.23 bits per heavy atom. The average Bonchev–Trinajstić information content (AvgIpc) is 2.54. The average molecular weight is 300 g/mol. The molecule has 0 bridgehead atoms. The molecule has 0 saturated heterocycles. The summed E-state index contributed by atoms with van der Waals surface area (Å²) in [5, 5.41) is 20.3. The van der Waals surface area contributed by atoms with Crippen LogP contribution in [0.4, 0.5) is 5.69 Å². The summed E-state index contributed by atoms with van der Waals surface area (Å²) in [6.07, 6.45) is 4.42. The lowest BCUT2D eigenvalue weighted by atomic mass is 9.82. The Bertz CT molecular complexity index is 616. The quantitative estimate of drug-likeness (QED) is 0.812. The molecule has 1 aromatic rings. The first kappa shape index (κ1) is 15.6. The summed E-state index contributed by atoms with van der Waals surface area (Å²) in [6.45, 7) is -0.0413. The van der Waals surface area contributed by atoms with Crippen LogP contribution in [0.25, 0.3) is 0 Å². The first-order valence-corrected chi connectivity index (χ1v) is 6.90. The zero-order valence-electron chi connectivity index (χ0n) is 11.9. The topological polar surface area (TPSA) is 99.4 Å². The normalized spacial score (nSPS) is 20.0. The zero-order valence-corrected chi connectivity index (χ0v) is 11.9. The minimum atomic E-state index is -0.954. The molecule has 1 aromatic carbocycles. The molecule has 1 amide bonds. The van der Waals surface area contributed by atoms with Crippen LogP contribution in [-0.4, -0.2) is 23.6 Å². The van der Waals surface area contributed by atoms with Gasteiger partial charge in [-0.05, 0) is 37.1 Å². The second-order valence-electron chi connectivity index (χ2n) is 4.95. The molecule has 2 rings (SSSR count). The maximum absolute atomic E-state index is 12.3. The number of ether oxygens (including phenoxy) is 1. The number of carbonyl (C=O) groups excluding carboxylic acids is 1. The van der Waals surface area contributed by atoms with Crippen LogP contribution >= 0.6 is 0 Å². The minimum absolute atomic E-state index is 0.0413. The van der Waals surface area contributed by atoms with Crippen molar-refractivity contribution in [3.8, 4) is 11.8 Å². The van der Waals surface area contributed by atoms with E-state index in [0.29, 0.717) is 24.3 Å². The molecule has 0 unspecified atom stereocenters. The Hall–Kier alpha value is -2.81. The fourth-order valence-corrected chi connectivity index (χ4v) is 2.36. The smallest absolute Gasteiger partial charge is 0.307 e. The number of hydrogen-bond donors (Lipinski definition) is 2. The van der Waals surface area contributed by atoms with Gasteiger partial charge in [0.2, 0.25) is 5.91 Å². The van der Waals surface area contributed by atoms with E-state index in [0.717, 1.165) is 0 Å². The van der Waals surface area contributed by atoms with Gasteiger partial charge in [-0.1, -0.05) is 12.2 Å². The van der Waals surface area contributed by atoms with Crippen LogP contribution in [-0.2, 0) is 9.59 Å². The summed E-state index contributed by atoms with van der Waals surface area (Å²) in [5.74, 6) is -1.99. The second-order valence-corrected chi connectivity index (χ2v) is 4.95. The number of nitrogens with one attached hydrogen (secondary N) is 1. The zero-order chi connectivity index (χ0) is 15.9. The van der Waals surface area contributed by atoms with E-state index in [9.17, 15) is 14.7 Å². The third-order valence-electron chi connectivity index (χ3n) is 3.51. The number of amides is 1. The first-order chi connectivity index (χ1) is 10.6. The molecule has 0 saturated carbocycles. The van der Waals surface area contributed by atoms with Crippen molar-refractivity contribution in [1.29, 1.82) is 5.26 Å². The predicted molar refractivity (Wildman–Crippen MR) is 79.2 cm³/mol. The molecule has 1 aliphatic rings. The number of nitriles is 1. The third-order valence-corrected chi connectivity index (χ3v) is 3.51. The van der Waals surface area contributed by atoms with Crippen molar-refractivity contribution in [3.05, 3.63) is 36.4 Å². The molecule has 6 nitrogen and oxygen atoms in total. The Balaban J connectivity index is 2.00. The molecule has 0 heterocycles. The summed E-state index contributed by atoms with van der Waals surface area (Å²) >= 11 is 0. The van der Waals surface area contributed by atoms with Crippen molar-refractivity contribution in [2.75, 3.05) is 11.9 Å². The van der Waals surface area contributed by atoms with Crippen molar-refractivity contribution in [3.63, 3.8) is 0 Å². The number of nitrogens with zero attached hydrogens (tertiary/aromatic N) is 1. The van der Waals surface area contributed by atoms with E-state index in [2.05, 4.69) is 5.32 Å². The third kappa shape index (κ3) is 3.85. The Labute approximate surface area is 128 Å². The Kier molecular flexibility index (Phi) is 5.15. The summed E-state index contributed by atoms with van der Waals surface area (Å²) in [7, 11) is 0. The van der Waals surface area contributed by atoms with E-state index in [1.807, 2.05) is 12.1 Å². The molecular weight excluding hydrogens is 284 g/mol. The lowest BCUT2D eigenvalue weighted by molar-refractivity contribution is -0.146. The second kappa shape index (κ2) is 7.27. The van der Waals surface area contributed by atoms with Crippen LogP contribution in [0.1, 0.15) is 12.8 Å². The highest BCUT2D eigenvalue weighted by Crippen LogP contribution is 2.27. The number of aliphatic carboxylic acids is 1. The predicted octanol–water partition coefficient (Wildman–Crippen LogP) is 2.19. The maximum Gasteiger partial charge on any atom is 0.307 e. The highest BCUT2D eigenvalue weighted by Gasteiger charge is 2.33.